The number of nitrogens with zero attached hydrogens (tertiary/aromatic N) is 2. The second-order valence-electron chi connectivity index (χ2n) is 8.07. The molecule has 1 aliphatic heterocycles. The lowest BCUT2D eigenvalue weighted by atomic mass is 10.2. The van der Waals surface area contributed by atoms with Gasteiger partial charge in [-0.1, -0.05) is 6.07 Å². The van der Waals surface area contributed by atoms with Gasteiger partial charge in [0.25, 0.3) is 0 Å². The summed E-state index contributed by atoms with van der Waals surface area (Å²) in [6, 6.07) is 18.1. The van der Waals surface area contributed by atoms with Crippen molar-refractivity contribution < 1.29 is 4.74 Å². The van der Waals surface area contributed by atoms with E-state index in [-0.39, 0.29) is 5.56 Å². The smallest absolute Gasteiger partial charge is 0.248 e. The third-order valence-electron chi connectivity index (χ3n) is 5.98. The number of H-pyrrole nitrogens is 1. The lowest BCUT2D eigenvalue weighted by molar-refractivity contribution is 0.244. The minimum Gasteiger partial charge on any atom is -0.494 e. The Kier molecular flexibility index (Phi) is 5.91. The highest BCUT2D eigenvalue weighted by atomic mass is 32.1. The van der Waals surface area contributed by atoms with Crippen molar-refractivity contribution in [1.82, 2.24) is 9.88 Å². The van der Waals surface area contributed by atoms with E-state index in [1.165, 1.54) is 22.2 Å². The Labute approximate surface area is 185 Å². The maximum absolute atomic E-state index is 11.4. The van der Waals surface area contributed by atoms with Crippen LogP contribution in [0, 0.1) is 0 Å². The van der Waals surface area contributed by atoms with Crippen molar-refractivity contribution in [1.29, 1.82) is 0 Å². The molecular formula is C25H27N3O2S. The Hall–Kier alpha value is -2.83. The first kappa shape index (κ1) is 20.1. The van der Waals surface area contributed by atoms with Crippen molar-refractivity contribution >= 4 is 38.0 Å². The quantitative estimate of drug-likeness (QED) is 0.447. The molecule has 0 bridgehead atoms. The standard InChI is InChI=1S/C25H27N3O2S/c29-25-9-6-19-18-20(7-8-22(19)26-25)30-16-3-12-27-11-2-13-28(15-14-27)23-4-1-5-24-21(23)10-17-31-24/h1,4-10,17-18H,2-3,11-16H2,(H,26,29). The Morgan fingerprint density at radius 1 is 1.00 bits per heavy atom. The predicted molar refractivity (Wildman–Crippen MR) is 130 cm³/mol. The van der Waals surface area contributed by atoms with E-state index in [4.69, 9.17) is 4.74 Å². The van der Waals surface area contributed by atoms with Crippen LogP contribution in [-0.2, 0) is 0 Å². The zero-order valence-corrected chi connectivity index (χ0v) is 18.4. The highest BCUT2D eigenvalue weighted by Crippen LogP contribution is 2.31. The molecule has 0 amide bonds. The monoisotopic (exact) mass is 433 g/mol. The van der Waals surface area contributed by atoms with Crippen LogP contribution in [0.2, 0.25) is 0 Å². The molecule has 31 heavy (non-hydrogen) atoms. The fourth-order valence-corrected chi connectivity index (χ4v) is 5.20. The topological polar surface area (TPSA) is 48.6 Å². The van der Waals surface area contributed by atoms with Crippen LogP contribution in [0.1, 0.15) is 12.8 Å². The molecule has 1 fully saturated rings. The highest BCUT2D eigenvalue weighted by molar-refractivity contribution is 7.17. The number of thiophene rings is 1. The van der Waals surface area contributed by atoms with Crippen molar-refractivity contribution in [3.05, 3.63) is 70.3 Å². The van der Waals surface area contributed by atoms with Crippen LogP contribution >= 0.6 is 11.3 Å². The van der Waals surface area contributed by atoms with Crippen molar-refractivity contribution in [2.45, 2.75) is 12.8 Å². The molecule has 5 nitrogen and oxygen atoms in total. The van der Waals surface area contributed by atoms with E-state index in [2.05, 4.69) is 44.4 Å². The van der Waals surface area contributed by atoms with Crippen LogP contribution < -0.4 is 15.2 Å². The zero-order valence-electron chi connectivity index (χ0n) is 17.5. The van der Waals surface area contributed by atoms with E-state index in [0.29, 0.717) is 6.61 Å². The van der Waals surface area contributed by atoms with E-state index in [0.717, 1.165) is 55.8 Å². The summed E-state index contributed by atoms with van der Waals surface area (Å²) < 4.78 is 7.34. The van der Waals surface area contributed by atoms with Gasteiger partial charge in [-0.05, 0) is 67.2 Å². The number of anilines is 1. The fourth-order valence-electron chi connectivity index (χ4n) is 4.39. The normalized spacial score (nSPS) is 15.4. The second kappa shape index (κ2) is 9.12. The molecule has 0 unspecified atom stereocenters. The van der Waals surface area contributed by atoms with E-state index in [9.17, 15) is 4.79 Å². The Bertz CT molecular complexity index is 1230. The molecule has 1 N–H and O–H groups in total. The van der Waals surface area contributed by atoms with Gasteiger partial charge in [-0.25, -0.2) is 0 Å². The Balaban J connectivity index is 1.12. The summed E-state index contributed by atoms with van der Waals surface area (Å²) in [5, 5.41) is 4.56. The van der Waals surface area contributed by atoms with Crippen molar-refractivity contribution in [2.24, 2.45) is 0 Å². The summed E-state index contributed by atoms with van der Waals surface area (Å²) in [4.78, 5) is 19.3. The van der Waals surface area contributed by atoms with Crippen LogP contribution in [0.5, 0.6) is 5.75 Å². The van der Waals surface area contributed by atoms with Crippen LogP contribution in [0.4, 0.5) is 5.69 Å². The summed E-state index contributed by atoms with van der Waals surface area (Å²) in [6.45, 7) is 6.16. The van der Waals surface area contributed by atoms with Gasteiger partial charge >= 0.3 is 0 Å². The second-order valence-corrected chi connectivity index (χ2v) is 9.01. The summed E-state index contributed by atoms with van der Waals surface area (Å²) in [5.41, 5.74) is 2.14. The van der Waals surface area contributed by atoms with Crippen molar-refractivity contribution in [3.8, 4) is 5.75 Å². The zero-order chi connectivity index (χ0) is 21.0. The molecular weight excluding hydrogens is 406 g/mol. The number of aromatic amines is 1. The minimum absolute atomic E-state index is 0.0795. The van der Waals surface area contributed by atoms with Crippen LogP contribution in [0.3, 0.4) is 0 Å². The first-order chi connectivity index (χ1) is 15.3. The number of aromatic nitrogens is 1. The number of rotatable bonds is 6. The van der Waals surface area contributed by atoms with E-state index < -0.39 is 0 Å². The summed E-state index contributed by atoms with van der Waals surface area (Å²) in [5.74, 6) is 0.852. The van der Waals surface area contributed by atoms with Gasteiger partial charge in [-0.15, -0.1) is 11.3 Å². The van der Waals surface area contributed by atoms with Gasteiger partial charge in [0.1, 0.15) is 5.75 Å². The van der Waals surface area contributed by atoms with Gasteiger partial charge in [0.15, 0.2) is 0 Å². The third-order valence-corrected chi connectivity index (χ3v) is 6.87. The average Bonchev–Trinajstić information content (AvgIpc) is 3.15. The summed E-state index contributed by atoms with van der Waals surface area (Å²) in [6.07, 6.45) is 2.19. The lowest BCUT2D eigenvalue weighted by Crippen LogP contribution is -2.31. The number of fused-ring (bicyclic) bond motifs is 2. The number of hydrogen-bond donors (Lipinski definition) is 1. The maximum atomic E-state index is 11.4. The van der Waals surface area contributed by atoms with Crippen LogP contribution in [-0.4, -0.2) is 49.2 Å². The molecule has 0 aliphatic carbocycles. The Morgan fingerprint density at radius 3 is 2.94 bits per heavy atom. The van der Waals surface area contributed by atoms with E-state index in [1.807, 2.05) is 35.6 Å². The van der Waals surface area contributed by atoms with E-state index >= 15 is 0 Å². The average molecular weight is 434 g/mol. The summed E-state index contributed by atoms with van der Waals surface area (Å²) in [7, 11) is 0. The molecule has 3 heterocycles. The molecule has 160 valence electrons. The number of nitrogens with one attached hydrogen (secondary N) is 1. The van der Waals surface area contributed by atoms with Gasteiger partial charge in [-0.2, -0.15) is 0 Å². The molecule has 2 aromatic heterocycles. The molecule has 0 radical (unpaired) electrons. The highest BCUT2D eigenvalue weighted by Gasteiger charge is 2.16. The summed E-state index contributed by atoms with van der Waals surface area (Å²) >= 11 is 1.82. The first-order valence-corrected chi connectivity index (χ1v) is 11.8. The molecule has 2 aromatic carbocycles. The van der Waals surface area contributed by atoms with Crippen molar-refractivity contribution in [3.63, 3.8) is 0 Å². The maximum Gasteiger partial charge on any atom is 0.248 e. The molecule has 0 saturated carbocycles. The van der Waals surface area contributed by atoms with Crippen molar-refractivity contribution in [2.75, 3.05) is 44.2 Å². The number of ether oxygens (including phenoxy) is 1. The molecule has 4 aromatic rings. The SMILES string of the molecule is O=c1ccc2cc(OCCCN3CCCN(c4cccc5sccc45)CC3)ccc2[nH]1. The molecule has 1 aliphatic rings. The number of pyridine rings is 1. The molecule has 5 rings (SSSR count). The molecule has 1 saturated heterocycles. The van der Waals surface area contributed by atoms with E-state index in [1.54, 1.807) is 6.07 Å². The first-order valence-electron chi connectivity index (χ1n) is 11.0. The Morgan fingerprint density at radius 2 is 1.97 bits per heavy atom. The van der Waals surface area contributed by atoms with Gasteiger partial charge < -0.3 is 19.5 Å². The van der Waals surface area contributed by atoms with Gasteiger partial charge in [0.05, 0.1) is 6.61 Å². The largest absolute Gasteiger partial charge is 0.494 e. The molecule has 6 heteroatoms. The minimum atomic E-state index is -0.0795. The fraction of sp³-hybridized carbons (Fsp3) is 0.320. The molecule has 0 spiro atoms. The predicted octanol–water partition coefficient (Wildman–Crippen LogP) is 4.72. The molecule has 0 atom stereocenters. The van der Waals surface area contributed by atoms with Crippen LogP contribution in [0.25, 0.3) is 21.0 Å². The van der Waals surface area contributed by atoms with Gasteiger partial charge in [0, 0.05) is 58.9 Å². The third kappa shape index (κ3) is 4.60. The van der Waals surface area contributed by atoms with Crippen LogP contribution in [0.15, 0.2) is 64.8 Å². The number of benzene rings is 2. The lowest BCUT2D eigenvalue weighted by Gasteiger charge is -2.24. The van der Waals surface area contributed by atoms with Gasteiger partial charge in [-0.3, -0.25) is 4.79 Å². The number of hydrogen-bond acceptors (Lipinski definition) is 5. The van der Waals surface area contributed by atoms with Gasteiger partial charge in [0.2, 0.25) is 5.56 Å².